The van der Waals surface area contributed by atoms with Crippen LogP contribution in [0.25, 0.3) is 11.3 Å². The maximum absolute atomic E-state index is 12.6. The monoisotopic (exact) mass is 386 g/mol. The number of hydrogen-bond acceptors (Lipinski definition) is 3. The molecule has 3 rings (SSSR count). The lowest BCUT2D eigenvalue weighted by Gasteiger charge is -2.06. The molecule has 0 aliphatic rings. The molecule has 4 nitrogen and oxygen atoms in total. The fourth-order valence-corrected chi connectivity index (χ4v) is 4.07. The van der Waals surface area contributed by atoms with E-state index in [0.29, 0.717) is 15.4 Å². The zero-order valence-electron chi connectivity index (χ0n) is 15.0. The smallest absolute Gasteiger partial charge is 0.281 e. The summed E-state index contributed by atoms with van der Waals surface area (Å²) in [5.41, 5.74) is 3.49. The van der Waals surface area contributed by atoms with Gasteiger partial charge in [0.25, 0.3) is 5.91 Å². The molecule has 0 aliphatic carbocycles. The van der Waals surface area contributed by atoms with Crippen molar-refractivity contribution >= 4 is 28.8 Å². The number of amides is 1. The Hall–Kier alpha value is -2.37. The number of halogens is 1. The number of ether oxygens (including phenoxy) is 1. The van der Waals surface area contributed by atoms with E-state index in [1.165, 1.54) is 11.3 Å². The summed E-state index contributed by atoms with van der Waals surface area (Å²) in [6.07, 6.45) is 0. The molecule has 0 atom stereocenters. The van der Waals surface area contributed by atoms with Gasteiger partial charge in [0.1, 0.15) is 5.75 Å². The molecule has 3 aromatic rings. The number of rotatable bonds is 3. The highest BCUT2D eigenvalue weighted by molar-refractivity contribution is 7.09. The minimum atomic E-state index is -0.340. The zero-order chi connectivity index (χ0) is 18.8. The van der Waals surface area contributed by atoms with Crippen LogP contribution >= 0.6 is 22.9 Å². The van der Waals surface area contributed by atoms with Crippen LogP contribution in [0.15, 0.2) is 47.5 Å². The minimum absolute atomic E-state index is 0.340. The van der Waals surface area contributed by atoms with E-state index in [-0.39, 0.29) is 5.91 Å². The lowest BCUT2D eigenvalue weighted by molar-refractivity contribution is 0.0998. The average molecular weight is 387 g/mol. The fourth-order valence-electron chi connectivity index (χ4n) is 2.77. The van der Waals surface area contributed by atoms with E-state index in [9.17, 15) is 4.79 Å². The van der Waals surface area contributed by atoms with Gasteiger partial charge in [0.05, 0.1) is 23.4 Å². The van der Waals surface area contributed by atoms with Crippen LogP contribution in [0.1, 0.15) is 20.8 Å². The van der Waals surface area contributed by atoms with Gasteiger partial charge in [0.15, 0.2) is 4.80 Å². The Balaban J connectivity index is 2.03. The molecule has 2 aromatic carbocycles. The van der Waals surface area contributed by atoms with Gasteiger partial charge < -0.3 is 9.30 Å². The summed E-state index contributed by atoms with van der Waals surface area (Å²) in [6.45, 7) is 3.95. The van der Waals surface area contributed by atoms with Crippen molar-refractivity contribution in [1.82, 2.24) is 4.57 Å². The highest BCUT2D eigenvalue weighted by Crippen LogP contribution is 2.26. The highest BCUT2D eigenvalue weighted by atomic mass is 35.5. The van der Waals surface area contributed by atoms with Crippen LogP contribution in [0.4, 0.5) is 0 Å². The average Bonchev–Trinajstić information content (AvgIpc) is 2.88. The largest absolute Gasteiger partial charge is 0.497 e. The molecule has 26 heavy (non-hydrogen) atoms. The lowest BCUT2D eigenvalue weighted by Crippen LogP contribution is -2.14. The molecule has 0 aliphatic heterocycles. The van der Waals surface area contributed by atoms with Crippen molar-refractivity contribution in [2.45, 2.75) is 13.8 Å². The maximum atomic E-state index is 12.6. The Morgan fingerprint density at radius 3 is 2.46 bits per heavy atom. The maximum Gasteiger partial charge on any atom is 0.281 e. The summed E-state index contributed by atoms with van der Waals surface area (Å²) in [5.74, 6) is 0.464. The molecule has 0 saturated heterocycles. The van der Waals surface area contributed by atoms with Gasteiger partial charge in [0, 0.05) is 11.9 Å². The summed E-state index contributed by atoms with van der Waals surface area (Å²) < 4.78 is 7.14. The number of methoxy groups -OCH3 is 1. The molecule has 0 N–H and O–H groups in total. The van der Waals surface area contributed by atoms with Gasteiger partial charge in [-0.3, -0.25) is 4.79 Å². The van der Waals surface area contributed by atoms with E-state index >= 15 is 0 Å². The Morgan fingerprint density at radius 2 is 1.85 bits per heavy atom. The second-order valence-electron chi connectivity index (χ2n) is 5.98. The predicted octanol–water partition coefficient (Wildman–Crippen LogP) is 4.77. The van der Waals surface area contributed by atoms with E-state index in [4.69, 9.17) is 16.3 Å². The van der Waals surface area contributed by atoms with Gasteiger partial charge in [-0.05, 0) is 61.4 Å². The third-order valence-electron chi connectivity index (χ3n) is 4.12. The van der Waals surface area contributed by atoms with Crippen LogP contribution in [-0.2, 0) is 7.05 Å². The normalized spacial score (nSPS) is 11.7. The number of aromatic nitrogens is 1. The van der Waals surface area contributed by atoms with E-state index in [0.717, 1.165) is 27.4 Å². The first-order chi connectivity index (χ1) is 12.4. The van der Waals surface area contributed by atoms with Crippen molar-refractivity contribution in [3.8, 4) is 17.0 Å². The number of carbonyl (C=O) groups excluding carboxylic acids is 1. The van der Waals surface area contributed by atoms with Gasteiger partial charge in [-0.1, -0.05) is 17.7 Å². The summed E-state index contributed by atoms with van der Waals surface area (Å²) >= 11 is 7.67. The van der Waals surface area contributed by atoms with Crippen molar-refractivity contribution in [2.75, 3.05) is 7.11 Å². The van der Waals surface area contributed by atoms with Crippen LogP contribution in [-0.4, -0.2) is 17.6 Å². The molecule has 134 valence electrons. The Kier molecular flexibility index (Phi) is 5.30. The van der Waals surface area contributed by atoms with Crippen molar-refractivity contribution in [2.24, 2.45) is 12.0 Å². The Morgan fingerprint density at radius 1 is 1.15 bits per heavy atom. The van der Waals surface area contributed by atoms with E-state index < -0.39 is 0 Å². The molecule has 0 fully saturated rings. The molecule has 1 heterocycles. The summed E-state index contributed by atoms with van der Waals surface area (Å²) in [7, 11) is 3.55. The number of thiazole rings is 1. The first kappa shape index (κ1) is 18.4. The van der Waals surface area contributed by atoms with Gasteiger partial charge in [-0.25, -0.2) is 0 Å². The molecule has 1 aromatic heterocycles. The van der Waals surface area contributed by atoms with Crippen LogP contribution in [0.2, 0.25) is 5.02 Å². The van der Waals surface area contributed by atoms with E-state index in [1.807, 2.05) is 55.8 Å². The number of benzene rings is 2. The number of aryl methyl sites for hydroxylation is 2. The van der Waals surface area contributed by atoms with Crippen molar-refractivity contribution in [3.05, 3.63) is 68.3 Å². The summed E-state index contributed by atoms with van der Waals surface area (Å²) in [6, 6.07) is 13.2. The standard InChI is InChI=1S/C20H19ClN2O2S/c1-12-5-10-16(17(21)11-12)19(24)22-20-23(3)18(13(2)26-20)14-6-8-15(25-4)9-7-14/h5-11H,1-4H3. The SMILES string of the molecule is COc1ccc(-c2c(C)sc(=NC(=O)c3ccc(C)cc3Cl)n2C)cc1. The fraction of sp³-hybridized carbons (Fsp3) is 0.200. The Bertz CT molecular complexity index is 1030. The summed E-state index contributed by atoms with van der Waals surface area (Å²) in [5, 5.41) is 0.421. The quantitative estimate of drug-likeness (QED) is 0.650. The first-order valence-electron chi connectivity index (χ1n) is 8.06. The van der Waals surface area contributed by atoms with Gasteiger partial charge in [0.2, 0.25) is 0 Å². The third-order valence-corrected chi connectivity index (χ3v) is 5.48. The third kappa shape index (κ3) is 3.59. The molecule has 6 heteroatoms. The number of hydrogen-bond donors (Lipinski definition) is 0. The highest BCUT2D eigenvalue weighted by Gasteiger charge is 2.13. The zero-order valence-corrected chi connectivity index (χ0v) is 16.6. The van der Waals surface area contributed by atoms with Crippen molar-refractivity contribution < 1.29 is 9.53 Å². The van der Waals surface area contributed by atoms with Crippen LogP contribution in [0.5, 0.6) is 5.75 Å². The topological polar surface area (TPSA) is 43.6 Å². The van der Waals surface area contributed by atoms with Gasteiger partial charge in [-0.2, -0.15) is 4.99 Å². The Labute approximate surface area is 161 Å². The second-order valence-corrected chi connectivity index (χ2v) is 7.57. The molecular formula is C20H19ClN2O2S. The molecule has 0 unspecified atom stereocenters. The van der Waals surface area contributed by atoms with Crippen LogP contribution in [0, 0.1) is 13.8 Å². The van der Waals surface area contributed by atoms with Crippen molar-refractivity contribution in [1.29, 1.82) is 0 Å². The van der Waals surface area contributed by atoms with Crippen LogP contribution < -0.4 is 9.54 Å². The summed E-state index contributed by atoms with van der Waals surface area (Å²) in [4.78, 5) is 18.6. The predicted molar refractivity (Wildman–Crippen MR) is 106 cm³/mol. The molecule has 0 saturated carbocycles. The van der Waals surface area contributed by atoms with E-state index in [1.54, 1.807) is 19.2 Å². The minimum Gasteiger partial charge on any atom is -0.497 e. The van der Waals surface area contributed by atoms with Gasteiger partial charge in [-0.15, -0.1) is 11.3 Å². The molecule has 0 radical (unpaired) electrons. The molecule has 1 amide bonds. The number of carbonyl (C=O) groups is 1. The van der Waals surface area contributed by atoms with E-state index in [2.05, 4.69) is 4.99 Å². The first-order valence-corrected chi connectivity index (χ1v) is 9.26. The van der Waals surface area contributed by atoms with Crippen LogP contribution in [0.3, 0.4) is 0 Å². The van der Waals surface area contributed by atoms with Gasteiger partial charge >= 0.3 is 0 Å². The molecule has 0 spiro atoms. The van der Waals surface area contributed by atoms with Crippen molar-refractivity contribution in [3.63, 3.8) is 0 Å². The molecule has 0 bridgehead atoms. The number of nitrogens with zero attached hydrogens (tertiary/aromatic N) is 2. The second kappa shape index (κ2) is 7.48. The molecular weight excluding hydrogens is 368 g/mol. The lowest BCUT2D eigenvalue weighted by atomic mass is 10.1.